The fourth-order valence-electron chi connectivity index (χ4n) is 2.12. The number of nitrogens with zero attached hydrogens (tertiary/aromatic N) is 2. The van der Waals surface area contributed by atoms with Crippen LogP contribution in [-0.4, -0.2) is 16.8 Å². The molecule has 3 heteroatoms. The molecule has 18 heavy (non-hydrogen) atoms. The average Bonchev–Trinajstić information content (AvgIpc) is 2.79. The Morgan fingerprint density at radius 2 is 1.94 bits per heavy atom. The van der Waals surface area contributed by atoms with Crippen LogP contribution in [0, 0.1) is 6.92 Å². The Labute approximate surface area is 109 Å². The van der Waals surface area contributed by atoms with Crippen molar-refractivity contribution in [3.05, 3.63) is 53.3 Å². The molecule has 0 saturated heterocycles. The standard InChI is InChI=1S/C15H21N3/c1-12-4-6-13(7-5-12)8-9-14(16-2)15-10-11-18(3)17-15/h4-7,10-11,14,16H,8-9H2,1-3H3. The van der Waals surface area contributed by atoms with E-state index in [4.69, 9.17) is 0 Å². The normalized spacial score (nSPS) is 12.6. The van der Waals surface area contributed by atoms with E-state index in [9.17, 15) is 0 Å². The lowest BCUT2D eigenvalue weighted by Crippen LogP contribution is -2.18. The number of benzene rings is 1. The van der Waals surface area contributed by atoms with E-state index in [1.807, 2.05) is 25.0 Å². The quantitative estimate of drug-likeness (QED) is 0.875. The SMILES string of the molecule is CNC(CCc1ccc(C)cc1)c1ccn(C)n1. The van der Waals surface area contributed by atoms with Gasteiger partial charge in [0.2, 0.25) is 0 Å². The van der Waals surface area contributed by atoms with E-state index >= 15 is 0 Å². The minimum Gasteiger partial charge on any atom is -0.312 e. The van der Waals surface area contributed by atoms with Gasteiger partial charge in [0.05, 0.1) is 11.7 Å². The highest BCUT2D eigenvalue weighted by atomic mass is 15.3. The van der Waals surface area contributed by atoms with Crippen LogP contribution in [0.1, 0.15) is 29.3 Å². The minimum absolute atomic E-state index is 0.326. The summed E-state index contributed by atoms with van der Waals surface area (Å²) < 4.78 is 1.85. The number of hydrogen-bond acceptors (Lipinski definition) is 2. The van der Waals surface area contributed by atoms with E-state index in [-0.39, 0.29) is 0 Å². The van der Waals surface area contributed by atoms with Crippen LogP contribution in [0.2, 0.25) is 0 Å². The van der Waals surface area contributed by atoms with Gasteiger partial charge >= 0.3 is 0 Å². The van der Waals surface area contributed by atoms with Gasteiger partial charge in [0.25, 0.3) is 0 Å². The molecule has 1 aromatic heterocycles. The molecule has 0 spiro atoms. The van der Waals surface area contributed by atoms with Gasteiger partial charge in [-0.3, -0.25) is 4.68 Å². The van der Waals surface area contributed by atoms with Gasteiger partial charge in [0.15, 0.2) is 0 Å². The average molecular weight is 243 g/mol. The molecule has 3 nitrogen and oxygen atoms in total. The van der Waals surface area contributed by atoms with Crippen molar-refractivity contribution in [3.8, 4) is 0 Å². The van der Waals surface area contributed by atoms with Crippen LogP contribution in [0.15, 0.2) is 36.5 Å². The smallest absolute Gasteiger partial charge is 0.0793 e. The van der Waals surface area contributed by atoms with Crippen LogP contribution < -0.4 is 5.32 Å². The Kier molecular flexibility index (Phi) is 4.15. The zero-order chi connectivity index (χ0) is 13.0. The summed E-state index contributed by atoms with van der Waals surface area (Å²) in [5, 5.41) is 7.80. The molecule has 0 radical (unpaired) electrons. The van der Waals surface area contributed by atoms with E-state index in [1.165, 1.54) is 11.1 Å². The Bertz CT molecular complexity index is 485. The fourth-order valence-corrected chi connectivity index (χ4v) is 2.12. The van der Waals surface area contributed by atoms with Crippen LogP contribution in [-0.2, 0) is 13.5 Å². The maximum Gasteiger partial charge on any atom is 0.0793 e. The van der Waals surface area contributed by atoms with Gasteiger partial charge in [-0.15, -0.1) is 0 Å². The lowest BCUT2D eigenvalue weighted by Gasteiger charge is -2.13. The highest BCUT2D eigenvalue weighted by Crippen LogP contribution is 2.17. The molecule has 2 aromatic rings. The van der Waals surface area contributed by atoms with Crippen molar-refractivity contribution in [2.24, 2.45) is 7.05 Å². The zero-order valence-corrected chi connectivity index (χ0v) is 11.4. The van der Waals surface area contributed by atoms with Gasteiger partial charge in [-0.2, -0.15) is 5.10 Å². The second-order valence-corrected chi connectivity index (χ2v) is 4.78. The first kappa shape index (κ1) is 12.8. The molecule has 2 rings (SSSR count). The molecule has 1 atom stereocenters. The Morgan fingerprint density at radius 1 is 1.22 bits per heavy atom. The largest absolute Gasteiger partial charge is 0.312 e. The second kappa shape index (κ2) is 5.83. The number of aromatic nitrogens is 2. The molecule has 0 aliphatic rings. The highest BCUT2D eigenvalue weighted by Gasteiger charge is 2.11. The van der Waals surface area contributed by atoms with E-state index in [0.29, 0.717) is 6.04 Å². The lowest BCUT2D eigenvalue weighted by molar-refractivity contribution is 0.527. The predicted octanol–water partition coefficient (Wildman–Crippen LogP) is 2.62. The molecular formula is C15H21N3. The maximum absolute atomic E-state index is 4.46. The van der Waals surface area contributed by atoms with Gasteiger partial charge in [-0.25, -0.2) is 0 Å². The molecule has 1 unspecified atom stereocenters. The van der Waals surface area contributed by atoms with Gasteiger partial charge in [-0.1, -0.05) is 29.8 Å². The van der Waals surface area contributed by atoms with Crippen molar-refractivity contribution in [1.29, 1.82) is 0 Å². The number of rotatable bonds is 5. The van der Waals surface area contributed by atoms with Crippen LogP contribution >= 0.6 is 0 Å². The zero-order valence-electron chi connectivity index (χ0n) is 11.4. The fraction of sp³-hybridized carbons (Fsp3) is 0.400. The monoisotopic (exact) mass is 243 g/mol. The third-order valence-electron chi connectivity index (χ3n) is 3.28. The molecule has 0 fully saturated rings. The first-order valence-electron chi connectivity index (χ1n) is 6.41. The summed E-state index contributed by atoms with van der Waals surface area (Å²) in [5.74, 6) is 0. The summed E-state index contributed by atoms with van der Waals surface area (Å²) in [6, 6.07) is 11.2. The van der Waals surface area contributed by atoms with Crippen LogP contribution in [0.25, 0.3) is 0 Å². The summed E-state index contributed by atoms with van der Waals surface area (Å²) in [7, 11) is 3.95. The van der Waals surface area contributed by atoms with Crippen molar-refractivity contribution >= 4 is 0 Å². The maximum atomic E-state index is 4.46. The number of aryl methyl sites for hydroxylation is 3. The number of hydrogen-bond donors (Lipinski definition) is 1. The second-order valence-electron chi connectivity index (χ2n) is 4.78. The Morgan fingerprint density at radius 3 is 2.50 bits per heavy atom. The molecule has 96 valence electrons. The molecule has 0 saturated carbocycles. The Balaban J connectivity index is 1.97. The summed E-state index contributed by atoms with van der Waals surface area (Å²) in [5.41, 5.74) is 3.82. The lowest BCUT2D eigenvalue weighted by atomic mass is 10.0. The molecule has 1 N–H and O–H groups in total. The summed E-state index contributed by atoms with van der Waals surface area (Å²) in [4.78, 5) is 0. The highest BCUT2D eigenvalue weighted by molar-refractivity contribution is 5.21. The minimum atomic E-state index is 0.326. The molecule has 0 aliphatic carbocycles. The first-order valence-corrected chi connectivity index (χ1v) is 6.41. The van der Waals surface area contributed by atoms with Gasteiger partial charge in [-0.05, 0) is 38.4 Å². The predicted molar refractivity (Wildman–Crippen MR) is 74.5 cm³/mol. The van der Waals surface area contributed by atoms with Gasteiger partial charge < -0.3 is 5.32 Å². The van der Waals surface area contributed by atoms with E-state index in [2.05, 4.69) is 47.7 Å². The van der Waals surface area contributed by atoms with Gasteiger partial charge in [0.1, 0.15) is 0 Å². The van der Waals surface area contributed by atoms with Crippen molar-refractivity contribution in [2.75, 3.05) is 7.05 Å². The molecule has 1 heterocycles. The van der Waals surface area contributed by atoms with E-state index in [0.717, 1.165) is 18.5 Å². The molecular weight excluding hydrogens is 222 g/mol. The third kappa shape index (κ3) is 3.20. The summed E-state index contributed by atoms with van der Waals surface area (Å²) in [6.45, 7) is 2.12. The van der Waals surface area contributed by atoms with Crippen molar-refractivity contribution in [1.82, 2.24) is 15.1 Å². The van der Waals surface area contributed by atoms with Crippen molar-refractivity contribution in [3.63, 3.8) is 0 Å². The summed E-state index contributed by atoms with van der Waals surface area (Å²) >= 11 is 0. The molecule has 0 aliphatic heterocycles. The first-order chi connectivity index (χ1) is 8.69. The molecule has 0 amide bonds. The van der Waals surface area contributed by atoms with Crippen LogP contribution in [0.5, 0.6) is 0 Å². The molecule has 1 aromatic carbocycles. The molecule has 0 bridgehead atoms. The topological polar surface area (TPSA) is 29.9 Å². The third-order valence-corrected chi connectivity index (χ3v) is 3.28. The van der Waals surface area contributed by atoms with Crippen LogP contribution in [0.4, 0.5) is 0 Å². The van der Waals surface area contributed by atoms with Crippen molar-refractivity contribution in [2.45, 2.75) is 25.8 Å². The Hall–Kier alpha value is -1.61. The van der Waals surface area contributed by atoms with Crippen molar-refractivity contribution < 1.29 is 0 Å². The van der Waals surface area contributed by atoms with Crippen LogP contribution in [0.3, 0.4) is 0 Å². The van der Waals surface area contributed by atoms with E-state index < -0.39 is 0 Å². The van der Waals surface area contributed by atoms with E-state index in [1.54, 1.807) is 0 Å². The summed E-state index contributed by atoms with van der Waals surface area (Å²) in [6.07, 6.45) is 4.13. The number of nitrogens with one attached hydrogen (secondary N) is 1. The van der Waals surface area contributed by atoms with Gasteiger partial charge in [0, 0.05) is 13.2 Å².